The third-order valence-corrected chi connectivity index (χ3v) is 15.5. The average molecular weight is 1290 g/mol. The van der Waals surface area contributed by atoms with Gasteiger partial charge in [0.1, 0.15) is 52.3 Å². The van der Waals surface area contributed by atoms with Crippen LogP contribution in [0, 0.1) is 36.1 Å². The summed E-state index contributed by atoms with van der Waals surface area (Å²) in [5.74, 6) is -4.13. The number of nitrogens with zero attached hydrogens (tertiary/aromatic N) is 2. The first kappa shape index (κ1) is 58.6. The molecule has 75 heavy (non-hydrogen) atoms. The lowest BCUT2D eigenvalue weighted by molar-refractivity contribution is -0.142. The van der Waals surface area contributed by atoms with Gasteiger partial charge in [0.2, 0.25) is 5.95 Å². The molecule has 4 aliphatic rings. The molecule has 5 aromatic rings. The van der Waals surface area contributed by atoms with Crippen molar-refractivity contribution in [1.29, 1.82) is 0 Å². The summed E-state index contributed by atoms with van der Waals surface area (Å²) in [6, 6.07) is 17.4. The van der Waals surface area contributed by atoms with Gasteiger partial charge < -0.3 is 10.5 Å². The zero-order valence-corrected chi connectivity index (χ0v) is 46.8. The van der Waals surface area contributed by atoms with Gasteiger partial charge in [-0.1, -0.05) is 88.0 Å². The number of hydrogen-bond acceptors (Lipinski definition) is 12. The molecule has 2 N–H and O–H groups in total. The molecule has 1 aromatic heterocycles. The van der Waals surface area contributed by atoms with E-state index in [1.165, 1.54) is 68.5 Å². The van der Waals surface area contributed by atoms with Gasteiger partial charge in [0.05, 0.1) is 23.4 Å². The minimum Gasteiger partial charge on any atom is -0.431 e. The van der Waals surface area contributed by atoms with Crippen molar-refractivity contribution >= 4 is 116 Å². The molecule has 0 saturated heterocycles. The Morgan fingerprint density at radius 2 is 0.960 bits per heavy atom. The second-order valence-electron chi connectivity index (χ2n) is 18.4. The molecule has 4 aliphatic carbocycles. The molecule has 9 rings (SSSR count). The van der Waals surface area contributed by atoms with Crippen molar-refractivity contribution in [2.24, 2.45) is 5.92 Å². The quantitative estimate of drug-likeness (QED) is 0.0960. The molecule has 20 heteroatoms. The molecule has 392 valence electrons. The maximum absolute atomic E-state index is 13.2. The molecule has 0 radical (unpaired) electrons. The monoisotopic (exact) mass is 1280 g/mol. The summed E-state index contributed by atoms with van der Waals surface area (Å²) < 4.78 is 59.6. The third-order valence-electron chi connectivity index (χ3n) is 12.7. The predicted molar refractivity (Wildman–Crippen MR) is 283 cm³/mol. The number of anilines is 1. The zero-order valence-electron chi connectivity index (χ0n) is 40.4. The van der Waals surface area contributed by atoms with E-state index in [9.17, 15) is 55.9 Å². The first-order chi connectivity index (χ1) is 35.4. The van der Waals surface area contributed by atoms with E-state index >= 15 is 0 Å². The summed E-state index contributed by atoms with van der Waals surface area (Å²) in [5, 5.41) is 0. The number of benzene rings is 4. The molecule has 0 amide bonds. The van der Waals surface area contributed by atoms with Crippen LogP contribution >= 0.6 is 63.7 Å². The zero-order chi connectivity index (χ0) is 55.0. The fraction of sp³-hybridized carbons (Fsp3) is 0.309. The van der Waals surface area contributed by atoms with Crippen LogP contribution in [-0.2, 0) is 44.7 Å². The summed E-state index contributed by atoms with van der Waals surface area (Å²) in [5.41, 5.74) is 10.9. The number of nitrogens with two attached hydrogens (primary N) is 1. The summed E-state index contributed by atoms with van der Waals surface area (Å²) >= 11 is 13.2. The molecular formula is C55H47Br4F4N3O9. The Hall–Kier alpha value is -5.70. The highest BCUT2D eigenvalue weighted by Gasteiger charge is 2.39. The number of esters is 1. The first-order valence-electron chi connectivity index (χ1n) is 23.3. The Kier molecular flexibility index (Phi) is 20.2. The molecule has 0 aliphatic heterocycles. The Morgan fingerprint density at radius 1 is 0.560 bits per heavy atom. The summed E-state index contributed by atoms with van der Waals surface area (Å²) in [6.45, 7) is 4.32. The number of allylic oxidation sites excluding steroid dienone is 2. The van der Waals surface area contributed by atoms with Gasteiger partial charge in [0.25, 0.3) is 0 Å². The molecule has 12 nitrogen and oxygen atoms in total. The smallest absolute Gasteiger partial charge is 0.307 e. The van der Waals surface area contributed by atoms with E-state index in [1.54, 1.807) is 31.2 Å². The summed E-state index contributed by atoms with van der Waals surface area (Å²) in [6.07, 6.45) is 4.17. The highest BCUT2D eigenvalue weighted by molar-refractivity contribution is 9.11. The molecule has 0 bridgehead atoms. The summed E-state index contributed by atoms with van der Waals surface area (Å²) in [4.78, 5) is 101. The number of Topliss-reactive ketones (excluding diaryl/α,β-unsaturated/α-hetero) is 6. The minimum atomic E-state index is -1.10. The Labute approximate surface area is 462 Å². The number of carbonyl (C=O) groups is 8. The van der Waals surface area contributed by atoms with Gasteiger partial charge in [-0.05, 0) is 115 Å². The van der Waals surface area contributed by atoms with Crippen LogP contribution in [0.5, 0.6) is 0 Å². The molecule has 2 saturated carbocycles. The van der Waals surface area contributed by atoms with E-state index in [4.69, 9.17) is 10.5 Å². The van der Waals surface area contributed by atoms with Crippen molar-refractivity contribution in [2.75, 3.05) is 5.73 Å². The standard InChI is InChI=1S/C15H13BrFN3O.2C14H12BrFO3.C12H10BrFO2/c1-7-14-12(20-15(18)19-7)4-8(5-13(14)21)10-3-2-9(17)6-11(10)16;1-8(17)19-12-5-9(4-11(18)7-12)13-3-2-10(16)6-14(13)15;1-7(17)14-12(18)4-8(5-13(14)19)10-3-2-9(16)6-11(10)15;13-12-5-8(14)1-2-11(12)7-3-9(15)6-10(16)4-7/h2-3,6,8H,4-5H2,1H3,(H2,18,19,20);2-3,6-7,9H,4-5H2,1H3;2-3,6,8,14H,4-5H2,1H3;1-2,5,7H,3-4,6H2. The van der Waals surface area contributed by atoms with Crippen LogP contribution in [0.1, 0.15) is 133 Å². The van der Waals surface area contributed by atoms with Crippen LogP contribution in [0.25, 0.3) is 0 Å². The number of ketones is 7. The average Bonchev–Trinajstić information content (AvgIpc) is 3.28. The normalized spacial score (nSPS) is 19.5. The van der Waals surface area contributed by atoms with Crippen LogP contribution in [0.3, 0.4) is 0 Å². The lowest BCUT2D eigenvalue weighted by Gasteiger charge is -2.25. The van der Waals surface area contributed by atoms with Gasteiger partial charge in [-0.2, -0.15) is 0 Å². The Bertz CT molecular complexity index is 3090. The van der Waals surface area contributed by atoms with E-state index in [0.717, 1.165) is 22.3 Å². The number of hydrogen-bond donors (Lipinski definition) is 1. The van der Waals surface area contributed by atoms with Gasteiger partial charge in [-0.25, -0.2) is 27.5 Å². The molecule has 2 fully saturated rings. The number of halogens is 8. The van der Waals surface area contributed by atoms with E-state index in [2.05, 4.69) is 73.7 Å². The molecule has 2 unspecified atom stereocenters. The fourth-order valence-corrected chi connectivity index (χ4v) is 12.2. The van der Waals surface area contributed by atoms with E-state index in [1.807, 2.05) is 0 Å². The van der Waals surface area contributed by atoms with Gasteiger partial charge in [-0.3, -0.25) is 38.4 Å². The molecular weight excluding hydrogens is 1240 g/mol. The van der Waals surface area contributed by atoms with Crippen LogP contribution in [0.4, 0.5) is 23.5 Å². The van der Waals surface area contributed by atoms with Crippen LogP contribution in [-0.4, -0.2) is 56.4 Å². The van der Waals surface area contributed by atoms with Crippen LogP contribution in [0.15, 0.2) is 103 Å². The first-order valence-corrected chi connectivity index (χ1v) is 26.5. The summed E-state index contributed by atoms with van der Waals surface area (Å²) in [7, 11) is 0. The Morgan fingerprint density at radius 3 is 1.36 bits per heavy atom. The van der Waals surface area contributed by atoms with Crippen LogP contribution in [0.2, 0.25) is 0 Å². The predicted octanol–water partition coefficient (Wildman–Crippen LogP) is 12.5. The second kappa shape index (κ2) is 25.9. The van der Waals surface area contributed by atoms with Gasteiger partial charge >= 0.3 is 5.97 Å². The number of fused-ring (bicyclic) bond motifs is 1. The van der Waals surface area contributed by atoms with Crippen molar-refractivity contribution in [3.05, 3.63) is 165 Å². The van der Waals surface area contributed by atoms with Crippen molar-refractivity contribution in [3.63, 3.8) is 0 Å². The lowest BCUT2D eigenvalue weighted by Crippen LogP contribution is -2.37. The van der Waals surface area contributed by atoms with E-state index in [-0.39, 0.29) is 107 Å². The molecule has 1 heterocycles. The van der Waals surface area contributed by atoms with E-state index in [0.29, 0.717) is 79.1 Å². The number of aryl methyl sites for hydroxylation is 1. The minimum absolute atomic E-state index is 0.00924. The number of aromatic nitrogens is 2. The van der Waals surface area contributed by atoms with Crippen molar-refractivity contribution in [3.8, 4) is 0 Å². The fourth-order valence-electron chi connectivity index (χ4n) is 9.53. The number of ether oxygens (including phenoxy) is 1. The molecule has 4 aromatic carbocycles. The van der Waals surface area contributed by atoms with E-state index < -0.39 is 17.7 Å². The lowest BCUT2D eigenvalue weighted by atomic mass is 9.75. The topological polar surface area (TPSA) is 198 Å². The highest BCUT2D eigenvalue weighted by atomic mass is 79.9. The van der Waals surface area contributed by atoms with Gasteiger partial charge in [-0.15, -0.1) is 0 Å². The number of carbonyl (C=O) groups excluding carboxylic acids is 8. The van der Waals surface area contributed by atoms with Crippen molar-refractivity contribution < 1.29 is 60.7 Å². The van der Waals surface area contributed by atoms with Gasteiger partial charge in [0.15, 0.2) is 23.1 Å². The SMILES string of the molecule is CC(=O)C1C(=O)CC(c2ccc(F)cc2Br)CC1=O.CC(=O)OC1=CC(=O)CC(c2ccc(F)cc2Br)C1.Cc1nc(N)nc2c1C(=O)CC(c1ccc(F)cc1Br)C2.O=C1CC(=O)CC(c2ccc(F)cc2Br)C1. The second-order valence-corrected chi connectivity index (χ2v) is 21.8. The molecule has 2 atom stereocenters. The largest absolute Gasteiger partial charge is 0.431 e. The maximum Gasteiger partial charge on any atom is 0.307 e. The number of rotatable bonds is 6. The highest BCUT2D eigenvalue weighted by Crippen LogP contribution is 2.40. The molecule has 0 spiro atoms. The Balaban J connectivity index is 0.000000163. The van der Waals surface area contributed by atoms with Crippen molar-refractivity contribution in [1.82, 2.24) is 9.97 Å². The van der Waals surface area contributed by atoms with Crippen molar-refractivity contribution in [2.45, 2.75) is 102 Å². The number of nitrogen functional groups attached to an aromatic ring is 1. The third kappa shape index (κ3) is 15.7. The van der Waals surface area contributed by atoms with Gasteiger partial charge in [0, 0.05) is 75.8 Å². The van der Waals surface area contributed by atoms with Crippen LogP contribution < -0.4 is 5.73 Å². The maximum atomic E-state index is 13.2.